The van der Waals surface area contributed by atoms with Crippen LogP contribution in [0.15, 0.2) is 91.0 Å². The number of carboxylic acids is 1. The van der Waals surface area contributed by atoms with Crippen molar-refractivity contribution in [1.29, 1.82) is 0 Å². The predicted molar refractivity (Wildman–Crippen MR) is 157 cm³/mol. The second-order valence-corrected chi connectivity index (χ2v) is 10.5. The van der Waals surface area contributed by atoms with E-state index in [0.717, 1.165) is 35.3 Å². The SMILES string of the molecule is O=C(O)c1ccc2c(c1)nc(-c1ccc(Oc3cccc(OCc4ccccc4Cl)c3)cc1)n2C1CCCCC1. The van der Waals surface area contributed by atoms with Gasteiger partial charge in [-0.25, -0.2) is 9.78 Å². The van der Waals surface area contributed by atoms with Crippen LogP contribution in [0.25, 0.3) is 22.4 Å². The van der Waals surface area contributed by atoms with Gasteiger partial charge in [0, 0.05) is 28.3 Å². The molecule has 40 heavy (non-hydrogen) atoms. The molecule has 0 saturated heterocycles. The Hall–Kier alpha value is -4.29. The largest absolute Gasteiger partial charge is 0.489 e. The Morgan fingerprint density at radius 1 is 0.875 bits per heavy atom. The molecule has 0 radical (unpaired) electrons. The number of carbonyl (C=O) groups is 1. The molecule has 0 bridgehead atoms. The molecule has 202 valence electrons. The molecule has 1 aromatic heterocycles. The first-order valence-corrected chi connectivity index (χ1v) is 13.9. The standard InChI is InChI=1S/C33H29ClN2O4/c34-29-12-5-4-7-24(29)21-39-27-10-6-11-28(20-27)40-26-16-13-22(14-17-26)32-35-30-19-23(33(37)38)15-18-31(30)36(32)25-8-2-1-3-9-25/h4-7,10-20,25H,1-3,8-9,21H2,(H,37,38). The molecule has 0 spiro atoms. The van der Waals surface area contributed by atoms with E-state index in [1.165, 1.54) is 19.3 Å². The minimum atomic E-state index is -0.949. The van der Waals surface area contributed by atoms with E-state index >= 15 is 0 Å². The third-order valence-electron chi connectivity index (χ3n) is 7.38. The van der Waals surface area contributed by atoms with Crippen molar-refractivity contribution in [3.63, 3.8) is 0 Å². The normalized spacial score (nSPS) is 13.8. The maximum atomic E-state index is 11.6. The topological polar surface area (TPSA) is 73.6 Å². The van der Waals surface area contributed by atoms with E-state index in [1.807, 2.05) is 78.9 Å². The molecular weight excluding hydrogens is 524 g/mol. The number of fused-ring (bicyclic) bond motifs is 1. The lowest BCUT2D eigenvalue weighted by molar-refractivity contribution is 0.0697. The van der Waals surface area contributed by atoms with E-state index < -0.39 is 5.97 Å². The van der Waals surface area contributed by atoms with Gasteiger partial charge in [-0.05, 0) is 73.5 Å². The predicted octanol–water partition coefficient (Wildman–Crippen LogP) is 8.93. The van der Waals surface area contributed by atoms with Crippen LogP contribution < -0.4 is 9.47 Å². The molecule has 6 rings (SSSR count). The van der Waals surface area contributed by atoms with Gasteiger partial charge in [0.05, 0.1) is 16.6 Å². The van der Waals surface area contributed by atoms with E-state index in [1.54, 1.807) is 12.1 Å². The van der Waals surface area contributed by atoms with Gasteiger partial charge in [-0.2, -0.15) is 0 Å². The van der Waals surface area contributed by atoms with Crippen LogP contribution in [0.1, 0.15) is 54.1 Å². The first-order valence-electron chi connectivity index (χ1n) is 13.5. The number of ether oxygens (including phenoxy) is 2. The Morgan fingerprint density at radius 2 is 1.65 bits per heavy atom. The van der Waals surface area contributed by atoms with E-state index in [-0.39, 0.29) is 5.56 Å². The van der Waals surface area contributed by atoms with Crippen LogP contribution in [0.2, 0.25) is 5.02 Å². The molecule has 0 unspecified atom stereocenters. The van der Waals surface area contributed by atoms with Crippen molar-refractivity contribution in [2.75, 3.05) is 0 Å². The molecular formula is C33H29ClN2O4. The number of carboxylic acid groups (broad SMARTS) is 1. The van der Waals surface area contributed by atoms with Gasteiger partial charge in [0.15, 0.2) is 0 Å². The van der Waals surface area contributed by atoms with Crippen LogP contribution in [0.5, 0.6) is 17.2 Å². The fraction of sp³-hybridized carbons (Fsp3) is 0.212. The monoisotopic (exact) mass is 552 g/mol. The van der Waals surface area contributed by atoms with Crippen molar-refractivity contribution >= 4 is 28.6 Å². The molecule has 1 saturated carbocycles. The number of rotatable bonds is 8. The van der Waals surface area contributed by atoms with Crippen molar-refractivity contribution < 1.29 is 19.4 Å². The fourth-order valence-electron chi connectivity index (χ4n) is 5.36. The summed E-state index contributed by atoms with van der Waals surface area (Å²) in [4.78, 5) is 16.5. The average molecular weight is 553 g/mol. The zero-order valence-electron chi connectivity index (χ0n) is 21.9. The summed E-state index contributed by atoms with van der Waals surface area (Å²) in [7, 11) is 0. The molecule has 0 amide bonds. The zero-order chi connectivity index (χ0) is 27.5. The van der Waals surface area contributed by atoms with Gasteiger partial charge >= 0.3 is 5.97 Å². The maximum absolute atomic E-state index is 11.6. The summed E-state index contributed by atoms with van der Waals surface area (Å²) < 4.78 is 14.4. The molecule has 1 aliphatic carbocycles. The summed E-state index contributed by atoms with van der Waals surface area (Å²) >= 11 is 6.25. The van der Waals surface area contributed by atoms with Gasteiger partial charge in [-0.3, -0.25) is 0 Å². The van der Waals surface area contributed by atoms with Crippen LogP contribution in [0.3, 0.4) is 0 Å². The Kier molecular flexibility index (Phi) is 7.43. The van der Waals surface area contributed by atoms with Crippen molar-refractivity contribution in [3.05, 3.63) is 107 Å². The molecule has 0 aliphatic heterocycles. The van der Waals surface area contributed by atoms with Crippen molar-refractivity contribution in [2.24, 2.45) is 0 Å². The highest BCUT2D eigenvalue weighted by Crippen LogP contribution is 2.37. The minimum Gasteiger partial charge on any atom is -0.489 e. The van der Waals surface area contributed by atoms with Crippen LogP contribution in [-0.4, -0.2) is 20.6 Å². The lowest BCUT2D eigenvalue weighted by Gasteiger charge is -2.25. The summed E-state index contributed by atoms with van der Waals surface area (Å²) in [5.41, 5.74) is 3.80. The van der Waals surface area contributed by atoms with Crippen molar-refractivity contribution in [3.8, 4) is 28.6 Å². The van der Waals surface area contributed by atoms with Gasteiger partial charge in [0.25, 0.3) is 0 Å². The van der Waals surface area contributed by atoms with Crippen LogP contribution >= 0.6 is 11.6 Å². The van der Waals surface area contributed by atoms with E-state index in [4.69, 9.17) is 26.1 Å². The number of benzene rings is 4. The van der Waals surface area contributed by atoms with Crippen molar-refractivity contribution in [2.45, 2.75) is 44.8 Å². The lowest BCUT2D eigenvalue weighted by Crippen LogP contribution is -2.14. The minimum absolute atomic E-state index is 0.245. The van der Waals surface area contributed by atoms with E-state index in [0.29, 0.717) is 40.4 Å². The Bertz CT molecular complexity index is 1660. The number of aromatic carboxylic acids is 1. The summed E-state index contributed by atoms with van der Waals surface area (Å²) in [5.74, 6) is 1.96. The molecule has 4 aromatic carbocycles. The molecule has 0 atom stereocenters. The second kappa shape index (κ2) is 11.4. The zero-order valence-corrected chi connectivity index (χ0v) is 22.7. The van der Waals surface area contributed by atoms with Gasteiger partial charge in [-0.15, -0.1) is 0 Å². The highest BCUT2D eigenvalue weighted by atomic mass is 35.5. The maximum Gasteiger partial charge on any atom is 0.335 e. The lowest BCUT2D eigenvalue weighted by atomic mass is 9.95. The summed E-state index contributed by atoms with van der Waals surface area (Å²) in [6.07, 6.45) is 5.81. The smallest absolute Gasteiger partial charge is 0.335 e. The average Bonchev–Trinajstić information content (AvgIpc) is 3.37. The van der Waals surface area contributed by atoms with E-state index in [9.17, 15) is 9.90 Å². The molecule has 1 fully saturated rings. The number of imidazole rings is 1. The Balaban J connectivity index is 1.24. The number of halogens is 1. The number of hydrogen-bond acceptors (Lipinski definition) is 4. The Labute approximate surface area is 237 Å². The highest BCUT2D eigenvalue weighted by molar-refractivity contribution is 6.31. The fourth-order valence-corrected chi connectivity index (χ4v) is 5.55. The first kappa shape index (κ1) is 26.0. The number of aromatic nitrogens is 2. The van der Waals surface area contributed by atoms with E-state index in [2.05, 4.69) is 4.57 Å². The van der Waals surface area contributed by atoms with Crippen LogP contribution in [0, 0.1) is 0 Å². The highest BCUT2D eigenvalue weighted by Gasteiger charge is 2.23. The third kappa shape index (κ3) is 5.54. The Morgan fingerprint density at radius 3 is 2.42 bits per heavy atom. The molecule has 5 aromatic rings. The molecule has 1 N–H and O–H groups in total. The second-order valence-electron chi connectivity index (χ2n) is 10.1. The van der Waals surface area contributed by atoms with Crippen LogP contribution in [0.4, 0.5) is 0 Å². The summed E-state index contributed by atoms with van der Waals surface area (Å²) in [6.45, 7) is 0.369. The molecule has 1 aliphatic rings. The summed E-state index contributed by atoms with van der Waals surface area (Å²) in [6, 6.07) is 28.6. The van der Waals surface area contributed by atoms with Gasteiger partial charge in [-0.1, -0.05) is 55.1 Å². The molecule has 1 heterocycles. The molecule has 7 heteroatoms. The molecule has 6 nitrogen and oxygen atoms in total. The third-order valence-corrected chi connectivity index (χ3v) is 7.75. The van der Waals surface area contributed by atoms with Crippen molar-refractivity contribution in [1.82, 2.24) is 9.55 Å². The first-order chi connectivity index (χ1) is 19.5. The van der Waals surface area contributed by atoms with Gasteiger partial charge < -0.3 is 19.1 Å². The quantitative estimate of drug-likeness (QED) is 0.208. The van der Waals surface area contributed by atoms with Gasteiger partial charge in [0.1, 0.15) is 29.7 Å². The van der Waals surface area contributed by atoms with Crippen LogP contribution in [-0.2, 0) is 6.61 Å². The summed E-state index contributed by atoms with van der Waals surface area (Å²) in [5, 5.41) is 10.2. The number of hydrogen-bond donors (Lipinski definition) is 1. The number of nitrogens with zero attached hydrogens (tertiary/aromatic N) is 2. The van der Waals surface area contributed by atoms with Gasteiger partial charge in [0.2, 0.25) is 0 Å².